The number of rotatable bonds is 6. The van der Waals surface area contributed by atoms with Crippen molar-refractivity contribution in [1.29, 1.82) is 0 Å². The summed E-state index contributed by atoms with van der Waals surface area (Å²) in [6.45, 7) is 14.5. The average Bonchev–Trinajstić information content (AvgIpc) is 2.75. The van der Waals surface area contributed by atoms with Crippen LogP contribution in [0.4, 0.5) is 5.69 Å². The molecular formula is C23H39N5O. The lowest BCUT2D eigenvalue weighted by atomic mass is 9.99. The summed E-state index contributed by atoms with van der Waals surface area (Å²) >= 11 is 0. The maximum atomic E-state index is 5.48. The summed E-state index contributed by atoms with van der Waals surface area (Å²) in [4.78, 5) is 9.38. The van der Waals surface area contributed by atoms with E-state index in [9.17, 15) is 0 Å². The van der Waals surface area contributed by atoms with Gasteiger partial charge in [0.05, 0.1) is 13.2 Å². The third-order valence-corrected chi connectivity index (χ3v) is 6.32. The number of nitrogens with one attached hydrogen (secondary N) is 2. The lowest BCUT2D eigenvalue weighted by molar-refractivity contribution is -0.00834. The normalized spacial score (nSPS) is 20.0. The molecule has 1 aromatic carbocycles. The van der Waals surface area contributed by atoms with Crippen LogP contribution >= 0.6 is 0 Å². The Morgan fingerprint density at radius 2 is 1.72 bits per heavy atom. The maximum Gasteiger partial charge on any atom is 0.191 e. The maximum absolute atomic E-state index is 5.48. The van der Waals surface area contributed by atoms with Crippen LogP contribution in [-0.4, -0.2) is 69.4 Å². The van der Waals surface area contributed by atoms with Crippen LogP contribution in [0.1, 0.15) is 39.2 Å². The van der Waals surface area contributed by atoms with Crippen molar-refractivity contribution in [2.24, 2.45) is 10.9 Å². The second kappa shape index (κ2) is 10.3. The Morgan fingerprint density at radius 1 is 1.07 bits per heavy atom. The van der Waals surface area contributed by atoms with Crippen molar-refractivity contribution in [1.82, 2.24) is 15.5 Å². The van der Waals surface area contributed by atoms with Gasteiger partial charge >= 0.3 is 0 Å². The number of nitrogens with zero attached hydrogens (tertiary/aromatic N) is 3. The van der Waals surface area contributed by atoms with Gasteiger partial charge in [-0.25, -0.2) is 0 Å². The molecule has 29 heavy (non-hydrogen) atoms. The fourth-order valence-electron chi connectivity index (χ4n) is 4.08. The number of benzene rings is 1. The minimum absolute atomic E-state index is 0.0645. The predicted molar refractivity (Wildman–Crippen MR) is 122 cm³/mol. The Kier molecular flexibility index (Phi) is 7.78. The number of hydrogen-bond donors (Lipinski definition) is 2. The zero-order valence-corrected chi connectivity index (χ0v) is 18.7. The largest absolute Gasteiger partial charge is 0.379 e. The Labute approximate surface area is 176 Å². The highest BCUT2D eigenvalue weighted by molar-refractivity contribution is 5.79. The summed E-state index contributed by atoms with van der Waals surface area (Å²) in [5.41, 5.74) is 2.68. The summed E-state index contributed by atoms with van der Waals surface area (Å²) in [5.74, 6) is 1.71. The Bertz CT molecular complexity index is 644. The fraction of sp³-hybridized carbons (Fsp3) is 0.696. The van der Waals surface area contributed by atoms with Gasteiger partial charge in [-0.3, -0.25) is 9.89 Å². The van der Waals surface area contributed by atoms with Crippen LogP contribution in [0.25, 0.3) is 0 Å². The molecular weight excluding hydrogens is 362 g/mol. The van der Waals surface area contributed by atoms with E-state index in [1.807, 2.05) is 7.05 Å². The quantitative estimate of drug-likeness (QED) is 0.567. The van der Waals surface area contributed by atoms with Gasteiger partial charge in [-0.1, -0.05) is 19.1 Å². The molecule has 0 amide bonds. The van der Waals surface area contributed by atoms with Crippen molar-refractivity contribution >= 4 is 11.6 Å². The van der Waals surface area contributed by atoms with Crippen LogP contribution in [0.5, 0.6) is 0 Å². The number of hydrogen-bond acceptors (Lipinski definition) is 4. The molecule has 2 saturated heterocycles. The van der Waals surface area contributed by atoms with Gasteiger partial charge in [0.15, 0.2) is 5.96 Å². The molecule has 2 fully saturated rings. The van der Waals surface area contributed by atoms with E-state index in [0.717, 1.165) is 51.3 Å². The first-order chi connectivity index (χ1) is 14.0. The van der Waals surface area contributed by atoms with Crippen LogP contribution in [0.3, 0.4) is 0 Å². The van der Waals surface area contributed by atoms with Crippen molar-refractivity contribution in [3.05, 3.63) is 29.8 Å². The molecule has 6 nitrogen and oxygen atoms in total. The van der Waals surface area contributed by atoms with E-state index in [4.69, 9.17) is 4.74 Å². The number of guanidine groups is 1. The fourth-order valence-corrected chi connectivity index (χ4v) is 4.08. The molecule has 0 aromatic heterocycles. The van der Waals surface area contributed by atoms with E-state index in [0.29, 0.717) is 0 Å². The van der Waals surface area contributed by atoms with Gasteiger partial charge in [-0.15, -0.1) is 0 Å². The van der Waals surface area contributed by atoms with Crippen molar-refractivity contribution in [2.45, 2.75) is 45.7 Å². The number of aliphatic imine (C=N–C) groups is 1. The lowest BCUT2D eigenvalue weighted by Crippen LogP contribution is -2.56. The molecule has 0 atom stereocenters. The highest BCUT2D eigenvalue weighted by atomic mass is 16.5. The van der Waals surface area contributed by atoms with Crippen molar-refractivity contribution in [3.63, 3.8) is 0 Å². The van der Waals surface area contributed by atoms with Gasteiger partial charge in [0.2, 0.25) is 0 Å². The van der Waals surface area contributed by atoms with Crippen molar-refractivity contribution in [2.75, 3.05) is 57.9 Å². The summed E-state index contributed by atoms with van der Waals surface area (Å²) in [6.07, 6.45) is 2.60. The van der Waals surface area contributed by atoms with Crippen LogP contribution in [0.15, 0.2) is 29.3 Å². The van der Waals surface area contributed by atoms with Crippen LogP contribution in [-0.2, 0) is 11.3 Å². The Hall–Kier alpha value is -1.79. The first-order valence-corrected chi connectivity index (χ1v) is 11.1. The average molecular weight is 402 g/mol. The van der Waals surface area contributed by atoms with E-state index in [1.165, 1.54) is 37.2 Å². The van der Waals surface area contributed by atoms with Gasteiger partial charge in [-0.2, -0.15) is 0 Å². The zero-order valence-electron chi connectivity index (χ0n) is 18.7. The molecule has 0 radical (unpaired) electrons. The molecule has 0 aliphatic carbocycles. The SMILES string of the molecule is CN=C(NCc1ccc(N2CCC(C)CC2)cc1)NCC(C)(C)N1CCOCC1. The number of ether oxygens (including phenoxy) is 1. The molecule has 2 heterocycles. The van der Waals surface area contributed by atoms with E-state index >= 15 is 0 Å². The van der Waals surface area contributed by atoms with Crippen LogP contribution < -0.4 is 15.5 Å². The standard InChI is InChI=1S/C23H39N5O/c1-19-9-11-27(12-10-19)21-7-5-20(6-8-21)17-25-22(24-4)26-18-23(2,3)28-13-15-29-16-14-28/h5-8,19H,9-18H2,1-4H3,(H2,24,25,26). The number of morpholine rings is 1. The summed E-state index contributed by atoms with van der Waals surface area (Å²) in [5, 5.41) is 6.94. The summed E-state index contributed by atoms with van der Waals surface area (Å²) in [7, 11) is 1.83. The smallest absolute Gasteiger partial charge is 0.191 e. The van der Waals surface area contributed by atoms with Gasteiger partial charge in [0.25, 0.3) is 0 Å². The lowest BCUT2D eigenvalue weighted by Gasteiger charge is -2.41. The monoisotopic (exact) mass is 401 g/mol. The third kappa shape index (κ3) is 6.34. The number of piperidine rings is 1. The third-order valence-electron chi connectivity index (χ3n) is 6.32. The minimum Gasteiger partial charge on any atom is -0.379 e. The minimum atomic E-state index is 0.0645. The van der Waals surface area contributed by atoms with E-state index < -0.39 is 0 Å². The van der Waals surface area contributed by atoms with Gasteiger partial charge in [0.1, 0.15) is 0 Å². The van der Waals surface area contributed by atoms with Crippen LogP contribution in [0.2, 0.25) is 0 Å². The molecule has 0 bridgehead atoms. The first kappa shape index (κ1) is 21.9. The molecule has 2 N–H and O–H groups in total. The molecule has 0 spiro atoms. The highest BCUT2D eigenvalue weighted by Gasteiger charge is 2.28. The molecule has 0 unspecified atom stereocenters. The molecule has 2 aliphatic heterocycles. The first-order valence-electron chi connectivity index (χ1n) is 11.1. The second-order valence-electron chi connectivity index (χ2n) is 9.03. The van der Waals surface area contributed by atoms with E-state index in [2.05, 4.69) is 70.5 Å². The molecule has 3 rings (SSSR count). The van der Waals surface area contributed by atoms with E-state index in [-0.39, 0.29) is 5.54 Å². The van der Waals surface area contributed by atoms with Gasteiger partial charge in [0, 0.05) is 57.5 Å². The Balaban J connectivity index is 1.45. The topological polar surface area (TPSA) is 52.1 Å². The highest BCUT2D eigenvalue weighted by Crippen LogP contribution is 2.23. The number of anilines is 1. The summed E-state index contributed by atoms with van der Waals surface area (Å²) < 4.78 is 5.48. The van der Waals surface area contributed by atoms with Crippen LogP contribution in [0, 0.1) is 5.92 Å². The second-order valence-corrected chi connectivity index (χ2v) is 9.03. The molecule has 6 heteroatoms. The van der Waals surface area contributed by atoms with Gasteiger partial charge in [-0.05, 0) is 50.3 Å². The Morgan fingerprint density at radius 3 is 2.34 bits per heavy atom. The van der Waals surface area contributed by atoms with Crippen molar-refractivity contribution < 1.29 is 4.74 Å². The molecule has 0 saturated carbocycles. The van der Waals surface area contributed by atoms with Gasteiger partial charge < -0.3 is 20.3 Å². The van der Waals surface area contributed by atoms with Crippen molar-refractivity contribution in [3.8, 4) is 0 Å². The molecule has 1 aromatic rings. The molecule has 162 valence electrons. The van der Waals surface area contributed by atoms with E-state index in [1.54, 1.807) is 0 Å². The zero-order chi connectivity index (χ0) is 20.7. The molecule has 2 aliphatic rings. The predicted octanol–water partition coefficient (Wildman–Crippen LogP) is 2.70. The summed E-state index contributed by atoms with van der Waals surface area (Å²) in [6, 6.07) is 8.96.